The Labute approximate surface area is 167 Å². The second-order valence-electron chi connectivity index (χ2n) is 5.99. The molecule has 0 saturated heterocycles. The van der Waals surface area contributed by atoms with Crippen molar-refractivity contribution >= 4 is 44.6 Å². The smallest absolute Gasteiger partial charge is 0.255 e. The summed E-state index contributed by atoms with van der Waals surface area (Å²) in [5.41, 5.74) is 4.47. The van der Waals surface area contributed by atoms with Crippen LogP contribution in [0.1, 0.15) is 11.1 Å². The van der Waals surface area contributed by atoms with E-state index >= 15 is 0 Å². The molecular formula is C19H17ClN4O3S. The molecule has 7 nitrogen and oxygen atoms in total. The van der Waals surface area contributed by atoms with Crippen molar-refractivity contribution < 1.29 is 13.2 Å². The minimum atomic E-state index is -3.77. The highest BCUT2D eigenvalue weighted by atomic mass is 35.5. The zero-order valence-corrected chi connectivity index (χ0v) is 16.5. The van der Waals surface area contributed by atoms with Crippen LogP contribution in [-0.4, -0.2) is 32.1 Å². The molecular weight excluding hydrogens is 400 g/mol. The molecule has 2 N–H and O–H groups in total. The van der Waals surface area contributed by atoms with Gasteiger partial charge in [-0.05, 0) is 31.2 Å². The summed E-state index contributed by atoms with van der Waals surface area (Å²) < 4.78 is 26.5. The number of hydrazone groups is 1. The van der Waals surface area contributed by atoms with Crippen molar-refractivity contribution in [2.45, 2.75) is 11.8 Å². The lowest BCUT2D eigenvalue weighted by molar-refractivity contribution is -0.119. The van der Waals surface area contributed by atoms with Gasteiger partial charge >= 0.3 is 0 Å². The van der Waals surface area contributed by atoms with Gasteiger partial charge in [0.1, 0.15) is 5.15 Å². The van der Waals surface area contributed by atoms with E-state index in [0.29, 0.717) is 5.56 Å². The molecule has 3 aromatic rings. The lowest BCUT2D eigenvalue weighted by atomic mass is 10.2. The first-order valence-electron chi connectivity index (χ1n) is 8.29. The van der Waals surface area contributed by atoms with Crippen LogP contribution in [0.5, 0.6) is 0 Å². The maximum Gasteiger partial charge on any atom is 0.255 e. The highest BCUT2D eigenvalue weighted by molar-refractivity contribution is 7.89. The maximum absolute atomic E-state index is 12.2. The lowest BCUT2D eigenvalue weighted by Crippen LogP contribution is -2.34. The molecule has 144 valence electrons. The van der Waals surface area contributed by atoms with Gasteiger partial charge in [-0.25, -0.2) is 23.5 Å². The van der Waals surface area contributed by atoms with Crippen LogP contribution in [0.25, 0.3) is 10.9 Å². The van der Waals surface area contributed by atoms with Gasteiger partial charge in [-0.3, -0.25) is 4.79 Å². The fraction of sp³-hybridized carbons (Fsp3) is 0.105. The molecule has 0 fully saturated rings. The number of nitrogens with one attached hydrogen (secondary N) is 2. The predicted molar refractivity (Wildman–Crippen MR) is 109 cm³/mol. The van der Waals surface area contributed by atoms with Gasteiger partial charge in [-0.2, -0.15) is 5.10 Å². The van der Waals surface area contributed by atoms with Crippen LogP contribution in [-0.2, 0) is 14.8 Å². The molecule has 0 spiro atoms. The van der Waals surface area contributed by atoms with Gasteiger partial charge in [0.2, 0.25) is 10.0 Å². The Morgan fingerprint density at radius 2 is 1.89 bits per heavy atom. The number of rotatable bonds is 6. The molecule has 3 rings (SSSR count). The predicted octanol–water partition coefficient (Wildman–Crippen LogP) is 2.63. The van der Waals surface area contributed by atoms with Gasteiger partial charge in [-0.1, -0.05) is 47.5 Å². The zero-order chi connectivity index (χ0) is 20.1. The number of fused-ring (bicyclic) bond motifs is 1. The summed E-state index contributed by atoms with van der Waals surface area (Å²) in [5, 5.41) is 4.94. The minimum Gasteiger partial charge on any atom is -0.272 e. The summed E-state index contributed by atoms with van der Waals surface area (Å²) in [6.07, 6.45) is 1.36. The number of benzene rings is 2. The second kappa shape index (κ2) is 8.47. The van der Waals surface area contributed by atoms with Crippen molar-refractivity contribution in [3.63, 3.8) is 0 Å². The van der Waals surface area contributed by atoms with E-state index < -0.39 is 22.5 Å². The first kappa shape index (κ1) is 19.9. The third-order valence-corrected chi connectivity index (χ3v) is 5.57. The van der Waals surface area contributed by atoms with Crippen molar-refractivity contribution in [3.8, 4) is 0 Å². The van der Waals surface area contributed by atoms with Gasteiger partial charge in [0.25, 0.3) is 5.91 Å². The van der Waals surface area contributed by atoms with E-state index in [4.69, 9.17) is 11.6 Å². The van der Waals surface area contributed by atoms with Gasteiger partial charge in [0.15, 0.2) is 0 Å². The van der Waals surface area contributed by atoms with E-state index in [-0.39, 0.29) is 10.0 Å². The van der Waals surface area contributed by atoms with Crippen molar-refractivity contribution in [1.82, 2.24) is 15.1 Å². The Bertz CT molecular complexity index is 1150. The van der Waals surface area contributed by atoms with Crippen LogP contribution in [0.15, 0.2) is 64.6 Å². The average Bonchev–Trinajstić information content (AvgIpc) is 2.67. The number of carbonyl (C=O) groups excluding carboxylic acids is 1. The number of aromatic nitrogens is 1. The SMILES string of the molecule is Cc1ccc(S(=O)(=O)NCC(=O)NN=Cc2cc3ccccc3nc2Cl)cc1. The van der Waals surface area contributed by atoms with Crippen molar-refractivity contribution in [3.05, 3.63) is 70.9 Å². The van der Waals surface area contributed by atoms with Crippen LogP contribution in [0, 0.1) is 6.92 Å². The Hall–Kier alpha value is -2.81. The molecule has 0 aliphatic heterocycles. The molecule has 1 heterocycles. The highest BCUT2D eigenvalue weighted by Crippen LogP contribution is 2.18. The van der Waals surface area contributed by atoms with E-state index in [1.165, 1.54) is 18.3 Å². The molecule has 0 saturated carbocycles. The fourth-order valence-corrected chi connectivity index (χ4v) is 3.55. The third kappa shape index (κ3) is 4.92. The van der Waals surface area contributed by atoms with E-state index in [1.54, 1.807) is 18.2 Å². The number of pyridine rings is 1. The summed E-state index contributed by atoms with van der Waals surface area (Å²) in [5.74, 6) is -0.614. The number of halogens is 1. The molecule has 0 atom stereocenters. The Morgan fingerprint density at radius 1 is 1.18 bits per heavy atom. The van der Waals surface area contributed by atoms with E-state index in [2.05, 4.69) is 20.2 Å². The maximum atomic E-state index is 12.2. The van der Waals surface area contributed by atoms with E-state index in [9.17, 15) is 13.2 Å². The van der Waals surface area contributed by atoms with Crippen LogP contribution in [0.2, 0.25) is 5.15 Å². The van der Waals surface area contributed by atoms with E-state index in [1.807, 2.05) is 31.2 Å². The Morgan fingerprint density at radius 3 is 2.64 bits per heavy atom. The van der Waals surface area contributed by atoms with Crippen molar-refractivity contribution in [2.75, 3.05) is 6.54 Å². The minimum absolute atomic E-state index is 0.0865. The largest absolute Gasteiger partial charge is 0.272 e. The number of hydrogen-bond donors (Lipinski definition) is 2. The zero-order valence-electron chi connectivity index (χ0n) is 14.9. The monoisotopic (exact) mass is 416 g/mol. The highest BCUT2D eigenvalue weighted by Gasteiger charge is 2.14. The molecule has 28 heavy (non-hydrogen) atoms. The first-order valence-corrected chi connectivity index (χ1v) is 10.1. The van der Waals surface area contributed by atoms with Crippen molar-refractivity contribution in [2.24, 2.45) is 5.10 Å². The molecule has 1 amide bonds. The molecule has 0 bridgehead atoms. The second-order valence-corrected chi connectivity index (χ2v) is 8.12. The van der Waals surface area contributed by atoms with Crippen LogP contribution in [0.4, 0.5) is 0 Å². The van der Waals surface area contributed by atoms with Gasteiger partial charge in [0.05, 0.1) is 23.2 Å². The topological polar surface area (TPSA) is 101 Å². The number of sulfonamides is 1. The normalized spacial score (nSPS) is 11.8. The summed E-state index contributed by atoms with van der Waals surface area (Å²) in [6.45, 7) is 1.41. The van der Waals surface area contributed by atoms with Gasteiger partial charge in [0, 0.05) is 10.9 Å². The average molecular weight is 417 g/mol. The van der Waals surface area contributed by atoms with Crippen LogP contribution in [0.3, 0.4) is 0 Å². The van der Waals surface area contributed by atoms with Crippen LogP contribution >= 0.6 is 11.6 Å². The van der Waals surface area contributed by atoms with Crippen LogP contribution < -0.4 is 10.1 Å². The fourth-order valence-electron chi connectivity index (χ4n) is 2.37. The number of amides is 1. The number of carbonyl (C=O) groups is 1. The molecule has 1 aromatic heterocycles. The molecule has 0 aliphatic carbocycles. The first-order chi connectivity index (χ1) is 13.3. The van der Waals surface area contributed by atoms with Gasteiger partial charge in [-0.15, -0.1) is 0 Å². The third-order valence-electron chi connectivity index (χ3n) is 3.85. The standard InChI is InChI=1S/C19H17ClN4O3S/c1-13-6-8-16(9-7-13)28(26,27)22-12-18(25)24-21-11-15-10-14-4-2-3-5-17(14)23-19(15)20/h2-11,22H,12H2,1H3,(H,24,25). The number of hydrogen-bond acceptors (Lipinski definition) is 5. The summed E-state index contributed by atoms with van der Waals surface area (Å²) in [7, 11) is -3.77. The van der Waals surface area contributed by atoms with E-state index in [0.717, 1.165) is 16.5 Å². The molecule has 0 unspecified atom stereocenters. The lowest BCUT2D eigenvalue weighted by Gasteiger charge is -2.06. The Kier molecular flexibility index (Phi) is 6.03. The molecule has 2 aromatic carbocycles. The summed E-state index contributed by atoms with van der Waals surface area (Å²) >= 11 is 6.11. The Balaban J connectivity index is 1.60. The molecule has 9 heteroatoms. The van der Waals surface area contributed by atoms with Gasteiger partial charge < -0.3 is 0 Å². The molecule has 0 radical (unpaired) electrons. The number of para-hydroxylation sites is 1. The summed E-state index contributed by atoms with van der Waals surface area (Å²) in [4.78, 5) is 16.2. The summed E-state index contributed by atoms with van der Waals surface area (Å²) in [6, 6.07) is 15.6. The number of nitrogens with zero attached hydrogens (tertiary/aromatic N) is 2. The quantitative estimate of drug-likeness (QED) is 0.366. The van der Waals surface area contributed by atoms with Crippen molar-refractivity contribution in [1.29, 1.82) is 0 Å². The molecule has 0 aliphatic rings. The number of aryl methyl sites for hydroxylation is 1.